The van der Waals surface area contributed by atoms with Gasteiger partial charge in [0.15, 0.2) is 5.82 Å². The lowest BCUT2D eigenvalue weighted by atomic mass is 10.1. The van der Waals surface area contributed by atoms with Gasteiger partial charge in [0.1, 0.15) is 0 Å². The van der Waals surface area contributed by atoms with Crippen LogP contribution >= 0.6 is 11.6 Å². The Hall–Kier alpha value is -1.55. The SMILES string of the molecule is CCC(C)c1noc(-c2cccc(Cl)c2N)n1. The number of aromatic nitrogens is 2. The van der Waals surface area contributed by atoms with E-state index in [0.717, 1.165) is 6.42 Å². The molecular weight excluding hydrogens is 238 g/mol. The Bertz CT molecular complexity index is 524. The minimum atomic E-state index is 0.271. The van der Waals surface area contributed by atoms with Crippen LogP contribution in [0.3, 0.4) is 0 Å². The first-order valence-corrected chi connectivity index (χ1v) is 5.89. The number of hydrogen-bond donors (Lipinski definition) is 1. The normalized spacial score (nSPS) is 12.6. The summed E-state index contributed by atoms with van der Waals surface area (Å²) in [6.07, 6.45) is 0.962. The first kappa shape index (κ1) is 11.9. The van der Waals surface area contributed by atoms with E-state index in [9.17, 15) is 0 Å². The van der Waals surface area contributed by atoms with E-state index in [2.05, 4.69) is 24.0 Å². The van der Waals surface area contributed by atoms with Crippen LogP contribution in [0, 0.1) is 0 Å². The highest BCUT2D eigenvalue weighted by Crippen LogP contribution is 2.31. The fourth-order valence-electron chi connectivity index (χ4n) is 1.45. The molecule has 0 spiro atoms. The van der Waals surface area contributed by atoms with Gasteiger partial charge in [-0.15, -0.1) is 0 Å². The molecule has 0 aliphatic carbocycles. The third-order valence-electron chi connectivity index (χ3n) is 2.78. The molecule has 0 amide bonds. The van der Waals surface area contributed by atoms with Crippen molar-refractivity contribution in [2.45, 2.75) is 26.2 Å². The van der Waals surface area contributed by atoms with Gasteiger partial charge < -0.3 is 10.3 Å². The van der Waals surface area contributed by atoms with Crippen LogP contribution < -0.4 is 5.73 Å². The van der Waals surface area contributed by atoms with Crippen molar-refractivity contribution in [2.24, 2.45) is 0 Å². The van der Waals surface area contributed by atoms with Gasteiger partial charge in [0, 0.05) is 5.92 Å². The highest BCUT2D eigenvalue weighted by molar-refractivity contribution is 6.33. The quantitative estimate of drug-likeness (QED) is 0.848. The van der Waals surface area contributed by atoms with Gasteiger partial charge >= 0.3 is 0 Å². The van der Waals surface area contributed by atoms with Crippen LogP contribution in [0.1, 0.15) is 32.0 Å². The van der Waals surface area contributed by atoms with E-state index in [-0.39, 0.29) is 5.92 Å². The zero-order valence-corrected chi connectivity index (χ0v) is 10.5. The predicted octanol–water partition coefficient (Wildman–Crippen LogP) is 3.49. The number of nitrogens with zero attached hydrogens (tertiary/aromatic N) is 2. The fourth-order valence-corrected chi connectivity index (χ4v) is 1.63. The van der Waals surface area contributed by atoms with Crippen molar-refractivity contribution in [3.8, 4) is 11.5 Å². The molecule has 0 aliphatic heterocycles. The lowest BCUT2D eigenvalue weighted by molar-refractivity contribution is 0.416. The lowest BCUT2D eigenvalue weighted by Gasteiger charge is -2.02. The summed E-state index contributed by atoms with van der Waals surface area (Å²) in [5, 5.41) is 4.44. The van der Waals surface area contributed by atoms with Gasteiger partial charge in [-0.2, -0.15) is 4.98 Å². The van der Waals surface area contributed by atoms with E-state index in [1.807, 2.05) is 6.07 Å². The maximum absolute atomic E-state index is 5.95. The summed E-state index contributed by atoms with van der Waals surface area (Å²) in [5.41, 5.74) is 7.02. The van der Waals surface area contributed by atoms with Crippen LogP contribution in [0.15, 0.2) is 22.7 Å². The van der Waals surface area contributed by atoms with Crippen LogP contribution in [-0.2, 0) is 0 Å². The van der Waals surface area contributed by atoms with Gasteiger partial charge in [-0.1, -0.05) is 36.7 Å². The number of nitrogen functional groups attached to an aromatic ring is 1. The molecule has 90 valence electrons. The average molecular weight is 252 g/mol. The maximum atomic E-state index is 5.95. The summed E-state index contributed by atoms with van der Waals surface area (Å²) in [5.74, 6) is 1.38. The number of rotatable bonds is 3. The Balaban J connectivity index is 2.40. The predicted molar refractivity (Wildman–Crippen MR) is 67.9 cm³/mol. The van der Waals surface area contributed by atoms with Crippen molar-refractivity contribution in [1.29, 1.82) is 0 Å². The summed E-state index contributed by atoms with van der Waals surface area (Å²) in [4.78, 5) is 4.34. The number of para-hydroxylation sites is 1. The highest BCUT2D eigenvalue weighted by Gasteiger charge is 2.15. The van der Waals surface area contributed by atoms with Crippen molar-refractivity contribution in [1.82, 2.24) is 10.1 Å². The van der Waals surface area contributed by atoms with Crippen LogP contribution in [0.2, 0.25) is 5.02 Å². The van der Waals surface area contributed by atoms with E-state index >= 15 is 0 Å². The Morgan fingerprint density at radius 2 is 2.24 bits per heavy atom. The summed E-state index contributed by atoms with van der Waals surface area (Å²) < 4.78 is 5.21. The van der Waals surface area contributed by atoms with Crippen LogP contribution in [-0.4, -0.2) is 10.1 Å². The van der Waals surface area contributed by atoms with E-state index in [1.54, 1.807) is 12.1 Å². The summed E-state index contributed by atoms with van der Waals surface area (Å²) >= 11 is 5.95. The molecule has 0 saturated heterocycles. The molecule has 2 rings (SSSR count). The lowest BCUT2D eigenvalue weighted by Crippen LogP contribution is -1.94. The standard InChI is InChI=1S/C12H14ClN3O/c1-3-7(2)11-15-12(17-16-11)8-5-4-6-9(13)10(8)14/h4-7H,3,14H2,1-2H3. The summed E-state index contributed by atoms with van der Waals surface area (Å²) in [6.45, 7) is 4.13. The molecule has 2 aromatic rings. The van der Waals surface area contributed by atoms with E-state index in [4.69, 9.17) is 21.9 Å². The average Bonchev–Trinajstić information content (AvgIpc) is 2.81. The minimum absolute atomic E-state index is 0.271. The largest absolute Gasteiger partial charge is 0.397 e. The Labute approximate surface area is 105 Å². The van der Waals surface area contributed by atoms with E-state index in [1.165, 1.54) is 0 Å². The molecule has 1 aromatic heterocycles. The first-order valence-electron chi connectivity index (χ1n) is 5.51. The Kier molecular flexibility index (Phi) is 3.33. The molecule has 1 heterocycles. The van der Waals surface area contributed by atoms with Crippen molar-refractivity contribution >= 4 is 17.3 Å². The monoisotopic (exact) mass is 251 g/mol. The molecule has 0 aliphatic rings. The first-order chi connectivity index (χ1) is 8.13. The minimum Gasteiger partial charge on any atom is -0.397 e. The number of nitrogens with two attached hydrogens (primary N) is 1. The summed E-state index contributed by atoms with van der Waals surface area (Å²) in [7, 11) is 0. The second-order valence-corrected chi connectivity index (χ2v) is 4.38. The molecule has 1 aromatic carbocycles. The van der Waals surface area contributed by atoms with Gasteiger partial charge in [0.2, 0.25) is 0 Å². The van der Waals surface area contributed by atoms with Crippen molar-refractivity contribution in [3.63, 3.8) is 0 Å². The van der Waals surface area contributed by atoms with E-state index in [0.29, 0.717) is 28.0 Å². The molecule has 1 unspecified atom stereocenters. The maximum Gasteiger partial charge on any atom is 0.260 e. The van der Waals surface area contributed by atoms with Gasteiger partial charge in [0.25, 0.3) is 5.89 Å². The number of benzene rings is 1. The fraction of sp³-hybridized carbons (Fsp3) is 0.333. The Morgan fingerprint density at radius 3 is 2.94 bits per heavy atom. The van der Waals surface area contributed by atoms with Gasteiger partial charge in [0.05, 0.1) is 16.3 Å². The zero-order chi connectivity index (χ0) is 12.4. The van der Waals surface area contributed by atoms with Crippen LogP contribution in [0.25, 0.3) is 11.5 Å². The molecular formula is C12H14ClN3O. The number of anilines is 1. The smallest absolute Gasteiger partial charge is 0.260 e. The third kappa shape index (κ3) is 2.26. The second kappa shape index (κ2) is 4.75. The van der Waals surface area contributed by atoms with Gasteiger partial charge in [-0.05, 0) is 18.6 Å². The molecule has 2 N–H and O–H groups in total. The molecule has 5 heteroatoms. The van der Waals surface area contributed by atoms with Crippen LogP contribution in [0.5, 0.6) is 0 Å². The molecule has 0 fully saturated rings. The Morgan fingerprint density at radius 1 is 1.47 bits per heavy atom. The zero-order valence-electron chi connectivity index (χ0n) is 9.77. The number of halogens is 1. The van der Waals surface area contributed by atoms with Crippen molar-refractivity contribution in [3.05, 3.63) is 29.0 Å². The van der Waals surface area contributed by atoms with Crippen molar-refractivity contribution in [2.75, 3.05) is 5.73 Å². The molecule has 1 atom stereocenters. The molecule has 0 bridgehead atoms. The molecule has 17 heavy (non-hydrogen) atoms. The highest BCUT2D eigenvalue weighted by atomic mass is 35.5. The number of hydrogen-bond acceptors (Lipinski definition) is 4. The van der Waals surface area contributed by atoms with Crippen LogP contribution in [0.4, 0.5) is 5.69 Å². The molecule has 0 radical (unpaired) electrons. The third-order valence-corrected chi connectivity index (χ3v) is 3.11. The summed E-state index contributed by atoms with van der Waals surface area (Å²) in [6, 6.07) is 5.35. The van der Waals surface area contributed by atoms with Gasteiger partial charge in [-0.3, -0.25) is 0 Å². The molecule has 4 nitrogen and oxygen atoms in total. The topological polar surface area (TPSA) is 64.9 Å². The van der Waals surface area contributed by atoms with Gasteiger partial charge in [-0.25, -0.2) is 0 Å². The second-order valence-electron chi connectivity index (χ2n) is 3.97. The van der Waals surface area contributed by atoms with Crippen molar-refractivity contribution < 1.29 is 4.52 Å². The molecule has 0 saturated carbocycles. The van der Waals surface area contributed by atoms with E-state index < -0.39 is 0 Å².